The molecule has 2 rings (SSSR count). The predicted octanol–water partition coefficient (Wildman–Crippen LogP) is 2.22. The zero-order valence-electron chi connectivity index (χ0n) is 8.30. The Morgan fingerprint density at radius 3 is 3.07 bits per heavy atom. The molecule has 4 heteroatoms. The van der Waals surface area contributed by atoms with Gasteiger partial charge in [-0.3, -0.25) is 4.79 Å². The van der Waals surface area contributed by atoms with Crippen LogP contribution < -0.4 is 5.32 Å². The van der Waals surface area contributed by atoms with Gasteiger partial charge in [0.25, 0.3) is 0 Å². The van der Waals surface area contributed by atoms with E-state index < -0.39 is 0 Å². The summed E-state index contributed by atoms with van der Waals surface area (Å²) in [6.07, 6.45) is 1.70. The van der Waals surface area contributed by atoms with Crippen molar-refractivity contribution in [2.24, 2.45) is 0 Å². The van der Waals surface area contributed by atoms with E-state index in [2.05, 4.69) is 10.3 Å². The maximum Gasteiger partial charge on any atom is 0.178 e. The first-order valence-corrected chi connectivity index (χ1v) is 5.05. The minimum Gasteiger partial charge on any atom is -0.359 e. The van der Waals surface area contributed by atoms with E-state index in [0.29, 0.717) is 17.1 Å². The number of halogens is 1. The second kappa shape index (κ2) is 4.04. The van der Waals surface area contributed by atoms with Gasteiger partial charge in [-0.05, 0) is 13.1 Å². The molecule has 3 nitrogen and oxygen atoms in total. The molecule has 2 N–H and O–H groups in total. The molecular weight excluding hydrogens is 212 g/mol. The number of benzene rings is 1. The van der Waals surface area contributed by atoms with Gasteiger partial charge in [-0.15, -0.1) is 0 Å². The molecule has 2 aromatic rings. The highest BCUT2D eigenvalue weighted by Crippen LogP contribution is 2.25. The van der Waals surface area contributed by atoms with Gasteiger partial charge in [0.2, 0.25) is 0 Å². The Morgan fingerprint density at radius 2 is 2.33 bits per heavy atom. The fourth-order valence-electron chi connectivity index (χ4n) is 1.61. The van der Waals surface area contributed by atoms with Crippen LogP contribution in [0.3, 0.4) is 0 Å². The number of hydrogen-bond donors (Lipinski definition) is 2. The smallest absolute Gasteiger partial charge is 0.178 e. The average molecular weight is 223 g/mol. The number of nitrogens with one attached hydrogen (secondary N) is 2. The number of rotatable bonds is 3. The van der Waals surface area contributed by atoms with Crippen LogP contribution in [0.25, 0.3) is 10.9 Å². The van der Waals surface area contributed by atoms with Gasteiger partial charge in [-0.25, -0.2) is 0 Å². The highest BCUT2D eigenvalue weighted by molar-refractivity contribution is 6.36. The molecule has 15 heavy (non-hydrogen) atoms. The monoisotopic (exact) mass is 222 g/mol. The number of aromatic nitrogens is 1. The topological polar surface area (TPSA) is 44.9 Å². The maximum absolute atomic E-state index is 11.7. The maximum atomic E-state index is 11.7. The van der Waals surface area contributed by atoms with E-state index in [4.69, 9.17) is 11.6 Å². The van der Waals surface area contributed by atoms with E-state index in [0.717, 1.165) is 10.9 Å². The van der Waals surface area contributed by atoms with Crippen molar-refractivity contribution in [3.8, 4) is 0 Å². The summed E-state index contributed by atoms with van der Waals surface area (Å²) in [5.41, 5.74) is 1.48. The van der Waals surface area contributed by atoms with Crippen LogP contribution in [0.15, 0.2) is 24.4 Å². The third-order valence-corrected chi connectivity index (χ3v) is 2.62. The van der Waals surface area contributed by atoms with Crippen molar-refractivity contribution >= 4 is 28.3 Å². The van der Waals surface area contributed by atoms with Crippen LogP contribution in [0.2, 0.25) is 5.02 Å². The summed E-state index contributed by atoms with van der Waals surface area (Å²) in [7, 11) is 1.75. The van der Waals surface area contributed by atoms with Crippen LogP contribution in [0.1, 0.15) is 10.4 Å². The first-order valence-electron chi connectivity index (χ1n) is 4.67. The van der Waals surface area contributed by atoms with Gasteiger partial charge in [0.05, 0.1) is 17.1 Å². The Kier molecular flexibility index (Phi) is 2.75. The second-order valence-electron chi connectivity index (χ2n) is 3.32. The van der Waals surface area contributed by atoms with E-state index in [1.165, 1.54) is 0 Å². The highest BCUT2D eigenvalue weighted by atomic mass is 35.5. The van der Waals surface area contributed by atoms with Crippen LogP contribution >= 0.6 is 11.6 Å². The van der Waals surface area contributed by atoms with Crippen molar-refractivity contribution in [3.63, 3.8) is 0 Å². The molecule has 1 aromatic heterocycles. The number of fused-ring (bicyclic) bond motifs is 1. The van der Waals surface area contributed by atoms with Gasteiger partial charge in [0, 0.05) is 17.1 Å². The van der Waals surface area contributed by atoms with Gasteiger partial charge in [0.1, 0.15) is 0 Å². The van der Waals surface area contributed by atoms with Crippen LogP contribution in [-0.4, -0.2) is 24.4 Å². The molecule has 0 spiro atoms. The molecule has 78 valence electrons. The number of hydrogen-bond acceptors (Lipinski definition) is 2. The van der Waals surface area contributed by atoms with Gasteiger partial charge < -0.3 is 10.3 Å². The summed E-state index contributed by atoms with van der Waals surface area (Å²) in [6.45, 7) is 0.329. The summed E-state index contributed by atoms with van der Waals surface area (Å²) in [6, 6.07) is 5.53. The van der Waals surface area contributed by atoms with Crippen LogP contribution in [0, 0.1) is 0 Å². The van der Waals surface area contributed by atoms with Crippen molar-refractivity contribution in [2.45, 2.75) is 0 Å². The molecule has 0 saturated heterocycles. The summed E-state index contributed by atoms with van der Waals surface area (Å²) in [5.74, 6) is 0.0571. The molecule has 0 radical (unpaired) electrons. The standard InChI is InChI=1S/C11H11ClN2O/c1-13-6-10(15)8-4-2-3-7-9(12)5-14-11(7)8/h2-5,13-14H,6H2,1H3. The average Bonchev–Trinajstić information content (AvgIpc) is 2.61. The molecule has 0 amide bonds. The van der Waals surface area contributed by atoms with Gasteiger partial charge in [-0.2, -0.15) is 0 Å². The van der Waals surface area contributed by atoms with E-state index in [1.54, 1.807) is 19.3 Å². The zero-order valence-corrected chi connectivity index (χ0v) is 9.06. The van der Waals surface area contributed by atoms with Gasteiger partial charge >= 0.3 is 0 Å². The van der Waals surface area contributed by atoms with E-state index >= 15 is 0 Å². The molecule has 0 atom stereocenters. The molecule has 0 unspecified atom stereocenters. The minimum atomic E-state index is 0.0571. The lowest BCUT2D eigenvalue weighted by molar-refractivity contribution is 0.0995. The number of aromatic amines is 1. The van der Waals surface area contributed by atoms with Crippen molar-refractivity contribution in [2.75, 3.05) is 13.6 Å². The Morgan fingerprint density at radius 1 is 1.53 bits per heavy atom. The number of likely N-dealkylation sites (N-methyl/N-ethyl adjacent to an activating group) is 1. The first-order chi connectivity index (χ1) is 7.24. The fraction of sp³-hybridized carbons (Fsp3) is 0.182. The lowest BCUT2D eigenvalue weighted by Crippen LogP contribution is -2.18. The summed E-state index contributed by atoms with van der Waals surface area (Å²) >= 11 is 5.97. The van der Waals surface area contributed by atoms with Crippen LogP contribution in [0.5, 0.6) is 0 Å². The molecule has 0 bridgehead atoms. The Labute approximate surface area is 92.4 Å². The molecular formula is C11H11ClN2O. The van der Waals surface area contributed by atoms with Crippen LogP contribution in [0.4, 0.5) is 0 Å². The van der Waals surface area contributed by atoms with Crippen molar-refractivity contribution in [1.82, 2.24) is 10.3 Å². The number of para-hydroxylation sites is 1. The van der Waals surface area contributed by atoms with E-state index in [1.807, 2.05) is 12.1 Å². The molecule has 0 aliphatic rings. The van der Waals surface area contributed by atoms with Crippen molar-refractivity contribution in [3.05, 3.63) is 35.0 Å². The number of carbonyl (C=O) groups is 1. The normalized spacial score (nSPS) is 10.8. The number of H-pyrrole nitrogens is 1. The zero-order chi connectivity index (χ0) is 10.8. The molecule has 1 aromatic carbocycles. The van der Waals surface area contributed by atoms with Crippen LogP contribution in [-0.2, 0) is 0 Å². The predicted molar refractivity (Wildman–Crippen MR) is 61.6 cm³/mol. The first kappa shape index (κ1) is 10.2. The molecule has 1 heterocycles. The molecule has 0 fully saturated rings. The highest BCUT2D eigenvalue weighted by Gasteiger charge is 2.11. The third kappa shape index (κ3) is 1.76. The lowest BCUT2D eigenvalue weighted by atomic mass is 10.1. The quantitative estimate of drug-likeness (QED) is 0.783. The van der Waals surface area contributed by atoms with E-state index in [-0.39, 0.29) is 5.78 Å². The Hall–Kier alpha value is -1.32. The SMILES string of the molecule is CNCC(=O)c1cccc2c(Cl)c[nH]c12. The number of ketones is 1. The Balaban J connectivity index is 2.56. The lowest BCUT2D eigenvalue weighted by Gasteiger charge is -2.01. The summed E-state index contributed by atoms with van der Waals surface area (Å²) in [5, 5.41) is 4.37. The van der Waals surface area contributed by atoms with Gasteiger partial charge in [-0.1, -0.05) is 23.7 Å². The summed E-state index contributed by atoms with van der Waals surface area (Å²) < 4.78 is 0. The molecule has 0 aliphatic carbocycles. The largest absolute Gasteiger partial charge is 0.359 e. The summed E-state index contributed by atoms with van der Waals surface area (Å²) in [4.78, 5) is 14.8. The number of Topliss-reactive ketones (excluding diaryl/α,β-unsaturated/α-hetero) is 1. The molecule has 0 aliphatic heterocycles. The van der Waals surface area contributed by atoms with Crippen molar-refractivity contribution < 1.29 is 4.79 Å². The Bertz CT molecular complexity index is 504. The molecule has 0 saturated carbocycles. The third-order valence-electron chi connectivity index (χ3n) is 2.30. The number of carbonyl (C=O) groups excluding carboxylic acids is 1. The van der Waals surface area contributed by atoms with Gasteiger partial charge in [0.15, 0.2) is 5.78 Å². The second-order valence-corrected chi connectivity index (χ2v) is 3.73. The van der Waals surface area contributed by atoms with Crippen molar-refractivity contribution in [1.29, 1.82) is 0 Å². The van der Waals surface area contributed by atoms with E-state index in [9.17, 15) is 4.79 Å². The minimum absolute atomic E-state index is 0.0571. The fourth-order valence-corrected chi connectivity index (χ4v) is 1.82.